The van der Waals surface area contributed by atoms with E-state index < -0.39 is 47.5 Å². The van der Waals surface area contributed by atoms with Gasteiger partial charge in [0.2, 0.25) is 11.8 Å². The van der Waals surface area contributed by atoms with Gasteiger partial charge in [0, 0.05) is 17.9 Å². The molecule has 1 spiro atoms. The summed E-state index contributed by atoms with van der Waals surface area (Å²) in [6.07, 6.45) is 1.96. The van der Waals surface area contributed by atoms with Crippen LogP contribution in [0.25, 0.3) is 0 Å². The van der Waals surface area contributed by atoms with Crippen LogP contribution in [0.5, 0.6) is 0 Å². The Morgan fingerprint density at radius 2 is 2.06 bits per heavy atom. The largest absolute Gasteiger partial charge is 0.481 e. The maximum atomic E-state index is 14.3. The monoisotopic (exact) mass is 548 g/mol. The number of hydrogen-bond donors (Lipinski definition) is 2. The van der Waals surface area contributed by atoms with Crippen molar-refractivity contribution in [2.24, 2.45) is 17.8 Å². The molecule has 0 aromatic heterocycles. The molecule has 3 aliphatic rings. The van der Waals surface area contributed by atoms with Gasteiger partial charge in [-0.25, -0.2) is 0 Å². The number of ether oxygens (including phenoxy) is 1. The number of aliphatic carboxylic acids is 1. The van der Waals surface area contributed by atoms with Crippen LogP contribution in [0.15, 0.2) is 43.0 Å². The first-order chi connectivity index (χ1) is 16.7. The summed E-state index contributed by atoms with van der Waals surface area (Å²) in [4.78, 5) is 43.3. The van der Waals surface area contributed by atoms with Crippen molar-refractivity contribution in [3.63, 3.8) is 0 Å². The Balaban J connectivity index is 1.81. The lowest BCUT2D eigenvalue weighted by molar-refractivity contribution is -0.154. The van der Waals surface area contributed by atoms with Crippen molar-refractivity contribution in [2.75, 3.05) is 13.2 Å². The predicted octanol–water partition coefficient (Wildman–Crippen LogP) is 2.44. The number of amides is 2. The van der Waals surface area contributed by atoms with Crippen LogP contribution in [0.2, 0.25) is 0 Å². The Kier molecular flexibility index (Phi) is 7.41. The molecule has 3 fully saturated rings. The lowest BCUT2D eigenvalue weighted by Crippen LogP contribution is -2.59. The number of fused-ring (bicyclic) bond motifs is 1. The second-order valence-electron chi connectivity index (χ2n) is 9.88. The van der Waals surface area contributed by atoms with Crippen molar-refractivity contribution in [1.29, 1.82) is 0 Å². The molecule has 35 heavy (non-hydrogen) atoms. The normalized spacial score (nSPS) is 32.9. The average Bonchev–Trinajstić information content (AvgIpc) is 3.43. The highest BCUT2D eigenvalue weighted by atomic mass is 79.9. The van der Waals surface area contributed by atoms with Crippen LogP contribution in [-0.4, -0.2) is 79.6 Å². The Morgan fingerprint density at radius 1 is 1.37 bits per heavy atom. The van der Waals surface area contributed by atoms with Crippen LogP contribution in [0.1, 0.15) is 32.3 Å². The van der Waals surface area contributed by atoms with Gasteiger partial charge in [-0.05, 0) is 17.9 Å². The van der Waals surface area contributed by atoms with E-state index in [1.54, 1.807) is 11.0 Å². The fourth-order valence-electron chi connectivity index (χ4n) is 6.17. The molecule has 3 unspecified atom stereocenters. The minimum atomic E-state index is -1.27. The van der Waals surface area contributed by atoms with Gasteiger partial charge in [0.15, 0.2) is 0 Å². The first kappa shape index (κ1) is 25.9. The third kappa shape index (κ3) is 4.11. The summed E-state index contributed by atoms with van der Waals surface area (Å²) in [5.74, 6) is -3.99. The van der Waals surface area contributed by atoms with Crippen molar-refractivity contribution in [2.45, 2.75) is 61.8 Å². The Labute approximate surface area is 214 Å². The van der Waals surface area contributed by atoms with Crippen molar-refractivity contribution < 1.29 is 29.3 Å². The Hall–Kier alpha value is -2.23. The van der Waals surface area contributed by atoms with Crippen molar-refractivity contribution >= 4 is 33.7 Å². The molecule has 3 saturated heterocycles. The summed E-state index contributed by atoms with van der Waals surface area (Å²) in [5, 5.41) is 20.4. The number of carbonyl (C=O) groups excluding carboxylic acids is 2. The van der Waals surface area contributed by atoms with Gasteiger partial charge in [-0.2, -0.15) is 0 Å². The molecule has 0 saturated carbocycles. The number of nitrogens with zero attached hydrogens (tertiary/aromatic N) is 2. The van der Waals surface area contributed by atoms with Gasteiger partial charge in [0.25, 0.3) is 0 Å². The maximum absolute atomic E-state index is 14.3. The molecule has 1 aromatic carbocycles. The minimum Gasteiger partial charge on any atom is -0.481 e. The predicted molar refractivity (Wildman–Crippen MR) is 133 cm³/mol. The molecule has 8 nitrogen and oxygen atoms in total. The fourth-order valence-corrected chi connectivity index (χ4v) is 7.11. The number of likely N-dealkylation sites (tertiary alicyclic amines) is 1. The lowest BCUT2D eigenvalue weighted by atomic mass is 9.70. The van der Waals surface area contributed by atoms with Crippen LogP contribution < -0.4 is 0 Å². The number of halogens is 1. The average molecular weight is 549 g/mol. The molecule has 2 amide bonds. The number of carboxylic acids is 1. The van der Waals surface area contributed by atoms with Gasteiger partial charge >= 0.3 is 5.97 Å². The highest BCUT2D eigenvalue weighted by molar-refractivity contribution is 9.09. The number of aliphatic hydroxyl groups excluding tert-OH is 1. The quantitative estimate of drug-likeness (QED) is 0.343. The van der Waals surface area contributed by atoms with E-state index in [1.165, 1.54) is 4.90 Å². The van der Waals surface area contributed by atoms with E-state index in [0.29, 0.717) is 19.4 Å². The van der Waals surface area contributed by atoms with Gasteiger partial charge in [-0.1, -0.05) is 72.6 Å². The number of rotatable bonds is 10. The van der Waals surface area contributed by atoms with E-state index in [4.69, 9.17) is 4.74 Å². The molecule has 0 aliphatic carbocycles. The maximum Gasteiger partial charge on any atom is 0.310 e. The van der Waals surface area contributed by atoms with E-state index in [0.717, 1.165) is 5.56 Å². The summed E-state index contributed by atoms with van der Waals surface area (Å²) in [7, 11) is 0. The lowest BCUT2D eigenvalue weighted by Gasteiger charge is -2.41. The number of alkyl halides is 1. The van der Waals surface area contributed by atoms with Crippen LogP contribution in [0.3, 0.4) is 0 Å². The molecular weight excluding hydrogens is 516 g/mol. The first-order valence-electron chi connectivity index (χ1n) is 12.1. The molecule has 3 aliphatic heterocycles. The number of aliphatic hydroxyl groups is 1. The van der Waals surface area contributed by atoms with Crippen LogP contribution in [0.4, 0.5) is 0 Å². The summed E-state index contributed by atoms with van der Waals surface area (Å²) >= 11 is 3.56. The van der Waals surface area contributed by atoms with Gasteiger partial charge in [-0.3, -0.25) is 14.4 Å². The zero-order valence-electron chi connectivity index (χ0n) is 20.0. The van der Waals surface area contributed by atoms with E-state index >= 15 is 0 Å². The summed E-state index contributed by atoms with van der Waals surface area (Å²) in [6, 6.07) is 7.86. The molecule has 9 heteroatoms. The molecule has 0 radical (unpaired) electrons. The van der Waals surface area contributed by atoms with E-state index in [1.807, 2.05) is 44.2 Å². The van der Waals surface area contributed by atoms with E-state index in [2.05, 4.69) is 22.5 Å². The fraction of sp³-hybridized carbons (Fsp3) is 0.577. The number of benzene rings is 1. The topological polar surface area (TPSA) is 107 Å². The number of carboxylic acid groups (broad SMARTS) is 1. The third-order valence-corrected chi connectivity index (χ3v) is 8.81. The Bertz CT molecular complexity index is 989. The molecule has 2 bridgehead atoms. The molecule has 1 aromatic rings. The van der Waals surface area contributed by atoms with Gasteiger partial charge in [-0.15, -0.1) is 6.58 Å². The number of carbonyl (C=O) groups is 3. The van der Waals surface area contributed by atoms with Crippen molar-refractivity contribution in [3.8, 4) is 0 Å². The van der Waals surface area contributed by atoms with Crippen molar-refractivity contribution in [3.05, 3.63) is 48.6 Å². The van der Waals surface area contributed by atoms with Crippen LogP contribution in [0, 0.1) is 17.8 Å². The smallest absolute Gasteiger partial charge is 0.310 e. The van der Waals surface area contributed by atoms with Crippen LogP contribution >= 0.6 is 15.9 Å². The standard InChI is InChI=1S/C26H33BrN2O6/c1-4-11-28(13-16-9-7-6-8-10-16)24(32)22-26-12-17(27)21(35-26)19(25(33)34)20(26)23(31)29(22)18(14-30)15(3)5-2/h4,6-10,15,17-22,30H,1,5,11-14H2,2-3H3,(H,33,34)/t15-,17?,18-,19+,20-,21+,22?,26?/m0/s1. The van der Waals surface area contributed by atoms with Crippen LogP contribution in [-0.2, 0) is 25.7 Å². The van der Waals surface area contributed by atoms with Crippen molar-refractivity contribution in [1.82, 2.24) is 9.80 Å². The molecule has 8 atom stereocenters. The molecule has 4 rings (SSSR count). The second-order valence-corrected chi connectivity index (χ2v) is 11.1. The molecule has 2 N–H and O–H groups in total. The minimum absolute atomic E-state index is 0.100. The molecule has 3 heterocycles. The van der Waals surface area contributed by atoms with Gasteiger partial charge in [0.1, 0.15) is 11.6 Å². The molecular formula is C26H33BrN2O6. The van der Waals surface area contributed by atoms with Gasteiger partial charge < -0.3 is 24.7 Å². The number of hydrogen-bond acceptors (Lipinski definition) is 5. The zero-order chi connectivity index (χ0) is 25.5. The highest BCUT2D eigenvalue weighted by Crippen LogP contribution is 2.60. The highest BCUT2D eigenvalue weighted by Gasteiger charge is 2.77. The summed E-state index contributed by atoms with van der Waals surface area (Å²) in [5.41, 5.74) is -0.348. The first-order valence-corrected chi connectivity index (χ1v) is 13.0. The van der Waals surface area contributed by atoms with E-state index in [-0.39, 0.29) is 29.8 Å². The second kappa shape index (κ2) is 10.0. The molecule has 190 valence electrons. The SMILES string of the molecule is C=CCN(Cc1ccccc1)C(=O)C1N([C@@H](CO)[C@@H](C)CC)C(=O)[C@@H]2[C@@H](C(=O)O)[C@@H]3OC12CC3Br. The van der Waals surface area contributed by atoms with E-state index in [9.17, 15) is 24.6 Å². The third-order valence-electron chi connectivity index (χ3n) is 7.97. The summed E-state index contributed by atoms with van der Waals surface area (Å²) in [6.45, 7) is 7.92. The Morgan fingerprint density at radius 3 is 2.63 bits per heavy atom. The van der Waals surface area contributed by atoms with Gasteiger partial charge in [0.05, 0.1) is 30.6 Å². The summed E-state index contributed by atoms with van der Waals surface area (Å²) < 4.78 is 6.35. The zero-order valence-corrected chi connectivity index (χ0v) is 21.6.